The molecule has 0 radical (unpaired) electrons. The van der Waals surface area contributed by atoms with Gasteiger partial charge in [-0.15, -0.1) is 0 Å². The van der Waals surface area contributed by atoms with E-state index >= 15 is 0 Å². The Balaban J connectivity index is 2.45. The van der Waals surface area contributed by atoms with Gasteiger partial charge in [0.1, 0.15) is 0 Å². The minimum Gasteiger partial charge on any atom is -0.469 e. The zero-order valence-electron chi connectivity index (χ0n) is 12.9. The van der Waals surface area contributed by atoms with E-state index in [0.29, 0.717) is 25.9 Å². The van der Waals surface area contributed by atoms with Crippen molar-refractivity contribution < 1.29 is 22.7 Å². The van der Waals surface area contributed by atoms with Crippen molar-refractivity contribution in [2.45, 2.75) is 25.7 Å². The third-order valence-corrected chi connectivity index (χ3v) is 5.60. The van der Waals surface area contributed by atoms with Gasteiger partial charge in [0.25, 0.3) is 0 Å². The second-order valence-corrected chi connectivity index (χ2v) is 7.49. The molecular formula is C13H24N2O5S. The van der Waals surface area contributed by atoms with Gasteiger partial charge in [-0.05, 0) is 19.3 Å². The number of hydrogen-bond acceptors (Lipinski definition) is 5. The van der Waals surface area contributed by atoms with Crippen LogP contribution in [-0.4, -0.2) is 69.5 Å². The maximum Gasteiger partial charge on any atom is 0.305 e. The number of carbonyl (C=O) groups excluding carboxylic acids is 2. The molecule has 1 amide bonds. The number of piperidine rings is 1. The summed E-state index contributed by atoms with van der Waals surface area (Å²) in [6, 6.07) is 0. The van der Waals surface area contributed by atoms with E-state index in [0.717, 1.165) is 0 Å². The zero-order chi connectivity index (χ0) is 16.0. The van der Waals surface area contributed by atoms with Gasteiger partial charge < -0.3 is 9.64 Å². The van der Waals surface area contributed by atoms with Gasteiger partial charge in [0, 0.05) is 39.5 Å². The van der Waals surface area contributed by atoms with Crippen LogP contribution in [0.4, 0.5) is 0 Å². The number of rotatable bonds is 6. The van der Waals surface area contributed by atoms with E-state index in [1.165, 1.54) is 11.4 Å². The first-order valence-corrected chi connectivity index (χ1v) is 8.64. The van der Waals surface area contributed by atoms with Crippen LogP contribution < -0.4 is 0 Å². The second-order valence-electron chi connectivity index (χ2n) is 5.40. The Labute approximate surface area is 126 Å². The maximum atomic E-state index is 12.1. The smallest absolute Gasteiger partial charge is 0.305 e. The largest absolute Gasteiger partial charge is 0.469 e. The number of carbonyl (C=O) groups is 2. The Morgan fingerprint density at radius 2 is 1.81 bits per heavy atom. The molecule has 0 bridgehead atoms. The first-order chi connectivity index (χ1) is 9.77. The molecule has 0 saturated carbocycles. The molecular weight excluding hydrogens is 296 g/mol. The summed E-state index contributed by atoms with van der Waals surface area (Å²) in [5, 5.41) is 0. The summed E-state index contributed by atoms with van der Waals surface area (Å²) in [6.07, 6.45) is 1.46. The molecule has 1 fully saturated rings. The summed E-state index contributed by atoms with van der Waals surface area (Å²) in [4.78, 5) is 24.4. The highest BCUT2D eigenvalue weighted by atomic mass is 32.2. The molecule has 1 aliphatic heterocycles. The Hall–Kier alpha value is -1.15. The predicted molar refractivity (Wildman–Crippen MR) is 78.0 cm³/mol. The molecule has 0 aliphatic carbocycles. The van der Waals surface area contributed by atoms with Gasteiger partial charge in [-0.25, -0.2) is 12.7 Å². The molecule has 1 saturated heterocycles. The van der Waals surface area contributed by atoms with Crippen LogP contribution in [0.25, 0.3) is 0 Å². The van der Waals surface area contributed by atoms with Crippen LogP contribution in [0.2, 0.25) is 0 Å². The Kier molecular flexibility index (Phi) is 6.60. The number of esters is 1. The van der Waals surface area contributed by atoms with Crippen molar-refractivity contribution in [2.75, 3.05) is 40.0 Å². The molecule has 0 N–H and O–H groups in total. The lowest BCUT2D eigenvalue weighted by Crippen LogP contribution is -2.43. The van der Waals surface area contributed by atoms with E-state index in [4.69, 9.17) is 0 Å². The Morgan fingerprint density at radius 1 is 1.24 bits per heavy atom. The third kappa shape index (κ3) is 5.28. The van der Waals surface area contributed by atoms with E-state index in [-0.39, 0.29) is 30.4 Å². The topological polar surface area (TPSA) is 84.0 Å². The van der Waals surface area contributed by atoms with Crippen molar-refractivity contribution in [3.8, 4) is 0 Å². The molecule has 0 aromatic rings. The fraction of sp³-hybridized carbons (Fsp3) is 0.846. The summed E-state index contributed by atoms with van der Waals surface area (Å²) >= 11 is 0. The van der Waals surface area contributed by atoms with Crippen molar-refractivity contribution in [1.82, 2.24) is 9.21 Å². The van der Waals surface area contributed by atoms with Gasteiger partial charge in [0.05, 0.1) is 12.9 Å². The number of sulfonamides is 1. The Bertz CT molecular complexity index is 467. The zero-order valence-corrected chi connectivity index (χ0v) is 13.7. The molecule has 0 spiro atoms. The van der Waals surface area contributed by atoms with Gasteiger partial charge >= 0.3 is 5.97 Å². The first-order valence-electron chi connectivity index (χ1n) is 7.03. The van der Waals surface area contributed by atoms with Crippen molar-refractivity contribution in [1.29, 1.82) is 0 Å². The van der Waals surface area contributed by atoms with Gasteiger partial charge in [-0.3, -0.25) is 9.59 Å². The molecule has 1 rings (SSSR count). The average molecular weight is 320 g/mol. The third-order valence-electron chi connectivity index (χ3n) is 3.65. The quantitative estimate of drug-likeness (QED) is 0.647. The number of amides is 1. The van der Waals surface area contributed by atoms with Crippen LogP contribution >= 0.6 is 0 Å². The van der Waals surface area contributed by atoms with E-state index in [2.05, 4.69) is 4.74 Å². The van der Waals surface area contributed by atoms with Crippen LogP contribution in [0.1, 0.15) is 25.7 Å². The number of nitrogens with zero attached hydrogens (tertiary/aromatic N) is 2. The molecule has 0 unspecified atom stereocenters. The van der Waals surface area contributed by atoms with Gasteiger partial charge in [0.15, 0.2) is 0 Å². The molecule has 0 aromatic heterocycles. The first kappa shape index (κ1) is 17.9. The lowest BCUT2D eigenvalue weighted by Gasteiger charge is -2.31. The second kappa shape index (κ2) is 7.74. The number of hydrogen-bond donors (Lipinski definition) is 0. The number of methoxy groups -OCH3 is 1. The van der Waals surface area contributed by atoms with Crippen LogP contribution in [0.5, 0.6) is 0 Å². The van der Waals surface area contributed by atoms with Gasteiger partial charge in [-0.2, -0.15) is 0 Å². The van der Waals surface area contributed by atoms with E-state index in [1.54, 1.807) is 19.0 Å². The summed E-state index contributed by atoms with van der Waals surface area (Å²) in [5.74, 6) is -0.506. The Morgan fingerprint density at radius 3 is 2.29 bits per heavy atom. The highest BCUT2D eigenvalue weighted by Gasteiger charge is 2.31. The molecule has 122 valence electrons. The van der Waals surface area contributed by atoms with Gasteiger partial charge in [0.2, 0.25) is 15.9 Å². The monoisotopic (exact) mass is 320 g/mol. The molecule has 1 heterocycles. The van der Waals surface area contributed by atoms with Gasteiger partial charge in [-0.1, -0.05) is 0 Å². The van der Waals surface area contributed by atoms with Crippen molar-refractivity contribution in [2.24, 2.45) is 5.92 Å². The van der Waals surface area contributed by atoms with Crippen molar-refractivity contribution in [3.05, 3.63) is 0 Å². The molecule has 21 heavy (non-hydrogen) atoms. The van der Waals surface area contributed by atoms with E-state index in [9.17, 15) is 18.0 Å². The molecule has 0 atom stereocenters. The predicted octanol–water partition coefficient (Wildman–Crippen LogP) is 0.0696. The molecule has 0 aromatic carbocycles. The van der Waals surface area contributed by atoms with Crippen LogP contribution in [0.15, 0.2) is 0 Å². The van der Waals surface area contributed by atoms with E-state index < -0.39 is 16.0 Å². The SMILES string of the molecule is COC(=O)CCCS(=O)(=O)N1CCC(C(=O)N(C)C)CC1. The molecule has 8 heteroatoms. The summed E-state index contributed by atoms with van der Waals surface area (Å²) in [5.41, 5.74) is 0. The summed E-state index contributed by atoms with van der Waals surface area (Å²) < 4.78 is 30.2. The maximum absolute atomic E-state index is 12.1. The molecule has 7 nitrogen and oxygen atoms in total. The average Bonchev–Trinajstić information content (AvgIpc) is 2.46. The van der Waals surface area contributed by atoms with Crippen molar-refractivity contribution in [3.63, 3.8) is 0 Å². The van der Waals surface area contributed by atoms with E-state index in [1.807, 2.05) is 0 Å². The van der Waals surface area contributed by atoms with Crippen LogP contribution in [0, 0.1) is 5.92 Å². The highest BCUT2D eigenvalue weighted by Crippen LogP contribution is 2.21. The summed E-state index contributed by atoms with van der Waals surface area (Å²) in [7, 11) is 1.34. The lowest BCUT2D eigenvalue weighted by molar-refractivity contribution is -0.140. The van der Waals surface area contributed by atoms with Crippen LogP contribution in [0.3, 0.4) is 0 Å². The molecule has 1 aliphatic rings. The standard InChI is InChI=1S/C13H24N2O5S/c1-14(2)13(17)11-6-8-15(9-7-11)21(18,19)10-4-5-12(16)20-3/h11H,4-10H2,1-3H3. The highest BCUT2D eigenvalue weighted by molar-refractivity contribution is 7.89. The summed E-state index contributed by atoms with van der Waals surface area (Å²) in [6.45, 7) is 0.732. The fourth-order valence-corrected chi connectivity index (χ4v) is 3.91. The normalized spacial score (nSPS) is 17.5. The minimum atomic E-state index is -3.36. The number of ether oxygens (including phenoxy) is 1. The fourth-order valence-electron chi connectivity index (χ4n) is 2.38. The van der Waals surface area contributed by atoms with Crippen molar-refractivity contribution >= 4 is 21.9 Å². The van der Waals surface area contributed by atoms with Crippen LogP contribution in [-0.2, 0) is 24.3 Å². The minimum absolute atomic E-state index is 0.0535. The lowest BCUT2D eigenvalue weighted by atomic mass is 9.97.